The molecule has 2 fully saturated rings. The van der Waals surface area contributed by atoms with E-state index in [1.165, 1.54) is 42.5 Å². The number of nitrogens with zero attached hydrogens (tertiary/aromatic N) is 1. The average Bonchev–Trinajstić information content (AvgIpc) is 3.30. The third kappa shape index (κ3) is 3.98. The number of nitrogens with one attached hydrogen (secondary N) is 1. The van der Waals surface area contributed by atoms with Crippen molar-refractivity contribution < 1.29 is 5.11 Å². The van der Waals surface area contributed by atoms with Crippen molar-refractivity contribution in [3.8, 4) is 0 Å². The second-order valence-electron chi connectivity index (χ2n) is 6.74. The molecule has 0 bridgehead atoms. The van der Waals surface area contributed by atoms with Crippen molar-refractivity contribution in [1.29, 1.82) is 0 Å². The van der Waals surface area contributed by atoms with Crippen molar-refractivity contribution in [3.05, 3.63) is 29.3 Å². The molecule has 116 valence electrons. The molecule has 0 aromatic heterocycles. The predicted molar refractivity (Wildman–Crippen MR) is 87.7 cm³/mol. The first kappa shape index (κ1) is 14.9. The van der Waals surface area contributed by atoms with Crippen molar-refractivity contribution in [1.82, 2.24) is 5.32 Å². The first-order valence-electron chi connectivity index (χ1n) is 8.45. The minimum Gasteiger partial charge on any atom is -0.396 e. The Labute approximate surface area is 128 Å². The number of hydrogen-bond acceptors (Lipinski definition) is 3. The molecule has 2 aliphatic rings. The van der Waals surface area contributed by atoms with Gasteiger partial charge >= 0.3 is 0 Å². The summed E-state index contributed by atoms with van der Waals surface area (Å²) < 4.78 is 0. The molecule has 0 spiro atoms. The highest BCUT2D eigenvalue weighted by Gasteiger charge is 2.22. The molecule has 1 aliphatic heterocycles. The van der Waals surface area contributed by atoms with Gasteiger partial charge in [-0.2, -0.15) is 0 Å². The lowest BCUT2D eigenvalue weighted by Crippen LogP contribution is -2.36. The van der Waals surface area contributed by atoms with Gasteiger partial charge in [-0.05, 0) is 62.1 Å². The quantitative estimate of drug-likeness (QED) is 0.845. The van der Waals surface area contributed by atoms with Crippen LogP contribution in [0.25, 0.3) is 0 Å². The van der Waals surface area contributed by atoms with E-state index in [2.05, 4.69) is 35.3 Å². The van der Waals surface area contributed by atoms with Gasteiger partial charge in [-0.1, -0.05) is 12.1 Å². The van der Waals surface area contributed by atoms with Crippen LogP contribution in [0, 0.1) is 12.8 Å². The molecule has 1 heterocycles. The zero-order valence-electron chi connectivity index (χ0n) is 13.1. The molecule has 3 nitrogen and oxygen atoms in total. The number of rotatable bonds is 6. The molecule has 3 rings (SSSR count). The van der Waals surface area contributed by atoms with Gasteiger partial charge < -0.3 is 15.3 Å². The smallest absolute Gasteiger partial charge is 0.0434 e. The van der Waals surface area contributed by atoms with Gasteiger partial charge in [0.25, 0.3) is 0 Å². The number of piperidine rings is 1. The molecule has 2 N–H and O–H groups in total. The highest BCUT2D eigenvalue weighted by molar-refractivity contribution is 5.54. The molecule has 3 heteroatoms. The Balaban J connectivity index is 1.63. The summed E-state index contributed by atoms with van der Waals surface area (Å²) >= 11 is 0. The van der Waals surface area contributed by atoms with Crippen LogP contribution in [-0.2, 0) is 6.54 Å². The van der Waals surface area contributed by atoms with Crippen LogP contribution in [0.2, 0.25) is 0 Å². The Bertz CT molecular complexity index is 468. The first-order valence-corrected chi connectivity index (χ1v) is 8.45. The maximum Gasteiger partial charge on any atom is 0.0434 e. The highest BCUT2D eigenvalue weighted by atomic mass is 16.3. The second kappa shape index (κ2) is 6.80. The van der Waals surface area contributed by atoms with E-state index < -0.39 is 0 Å². The lowest BCUT2D eigenvalue weighted by molar-refractivity contribution is 0.244. The summed E-state index contributed by atoms with van der Waals surface area (Å²) in [6.07, 6.45) is 6.14. The van der Waals surface area contributed by atoms with E-state index in [1.54, 1.807) is 0 Å². The van der Waals surface area contributed by atoms with Gasteiger partial charge in [-0.3, -0.25) is 0 Å². The van der Waals surface area contributed by atoms with E-state index in [-0.39, 0.29) is 0 Å². The molecular weight excluding hydrogens is 260 g/mol. The van der Waals surface area contributed by atoms with Gasteiger partial charge in [-0.25, -0.2) is 0 Å². The summed E-state index contributed by atoms with van der Waals surface area (Å²) in [5, 5.41) is 12.7. The van der Waals surface area contributed by atoms with Gasteiger partial charge in [0.15, 0.2) is 0 Å². The van der Waals surface area contributed by atoms with Crippen LogP contribution in [-0.4, -0.2) is 30.8 Å². The molecule has 0 amide bonds. The van der Waals surface area contributed by atoms with Crippen molar-refractivity contribution in [3.63, 3.8) is 0 Å². The molecule has 1 aliphatic carbocycles. The number of hydrogen-bond donors (Lipinski definition) is 2. The Morgan fingerprint density at radius 3 is 2.86 bits per heavy atom. The fourth-order valence-corrected chi connectivity index (χ4v) is 3.43. The fourth-order valence-electron chi connectivity index (χ4n) is 3.43. The Kier molecular flexibility index (Phi) is 4.81. The second-order valence-corrected chi connectivity index (χ2v) is 6.74. The molecule has 1 unspecified atom stereocenters. The summed E-state index contributed by atoms with van der Waals surface area (Å²) in [4.78, 5) is 2.51. The van der Waals surface area contributed by atoms with Crippen molar-refractivity contribution in [2.45, 2.75) is 51.6 Å². The van der Waals surface area contributed by atoms with Gasteiger partial charge in [0.1, 0.15) is 0 Å². The van der Waals surface area contributed by atoms with E-state index >= 15 is 0 Å². The molecule has 1 saturated carbocycles. The monoisotopic (exact) mass is 288 g/mol. The van der Waals surface area contributed by atoms with Crippen molar-refractivity contribution in [2.24, 2.45) is 5.92 Å². The topological polar surface area (TPSA) is 35.5 Å². The van der Waals surface area contributed by atoms with E-state index in [1.807, 2.05) is 0 Å². The number of aliphatic hydroxyl groups is 1. The van der Waals surface area contributed by atoms with Crippen LogP contribution in [0.3, 0.4) is 0 Å². The number of aliphatic hydroxyl groups excluding tert-OH is 1. The lowest BCUT2D eigenvalue weighted by Gasteiger charge is -2.35. The summed E-state index contributed by atoms with van der Waals surface area (Å²) in [5.74, 6) is 0.652. The molecule has 21 heavy (non-hydrogen) atoms. The Hall–Kier alpha value is -1.06. The lowest BCUT2D eigenvalue weighted by atomic mass is 9.94. The van der Waals surface area contributed by atoms with E-state index in [9.17, 15) is 0 Å². The average molecular weight is 288 g/mol. The Morgan fingerprint density at radius 1 is 1.29 bits per heavy atom. The molecule has 0 radical (unpaired) electrons. The number of anilines is 1. The number of benzene rings is 1. The maximum absolute atomic E-state index is 9.15. The van der Waals surface area contributed by atoms with E-state index in [4.69, 9.17) is 5.11 Å². The molecular formula is C18H28N2O. The zero-order valence-corrected chi connectivity index (χ0v) is 13.1. The van der Waals surface area contributed by atoms with E-state index in [0.29, 0.717) is 12.5 Å². The number of aryl methyl sites for hydroxylation is 1. The van der Waals surface area contributed by atoms with Gasteiger partial charge in [0.2, 0.25) is 0 Å². The first-order chi connectivity index (χ1) is 10.3. The van der Waals surface area contributed by atoms with Gasteiger partial charge in [-0.15, -0.1) is 0 Å². The summed E-state index contributed by atoms with van der Waals surface area (Å²) in [7, 11) is 0. The maximum atomic E-state index is 9.15. The molecule has 1 atom stereocenters. The zero-order chi connectivity index (χ0) is 14.7. The van der Waals surface area contributed by atoms with Crippen LogP contribution in [0.1, 0.15) is 43.2 Å². The Morgan fingerprint density at radius 2 is 2.14 bits per heavy atom. The van der Waals surface area contributed by atoms with Crippen molar-refractivity contribution >= 4 is 5.69 Å². The standard InChI is InChI=1S/C18H28N2O/c1-14-11-16(12-19-17-5-6-17)4-7-18(14)20-9-2-3-15(13-20)8-10-21/h4,7,11,15,17,19,21H,2-3,5-6,8-10,12-13H2,1H3. The van der Waals surface area contributed by atoms with Crippen LogP contribution >= 0.6 is 0 Å². The third-order valence-electron chi connectivity index (χ3n) is 4.83. The van der Waals surface area contributed by atoms with Gasteiger partial charge in [0.05, 0.1) is 0 Å². The normalized spacial score (nSPS) is 22.6. The van der Waals surface area contributed by atoms with E-state index in [0.717, 1.165) is 32.1 Å². The summed E-state index contributed by atoms with van der Waals surface area (Å²) in [6.45, 7) is 5.80. The summed E-state index contributed by atoms with van der Waals surface area (Å²) in [5.41, 5.74) is 4.16. The SMILES string of the molecule is Cc1cc(CNC2CC2)ccc1N1CCCC(CCO)C1. The van der Waals surface area contributed by atoms with Crippen LogP contribution in [0.4, 0.5) is 5.69 Å². The van der Waals surface area contributed by atoms with Crippen LogP contribution < -0.4 is 10.2 Å². The van der Waals surface area contributed by atoms with Crippen LogP contribution in [0.5, 0.6) is 0 Å². The molecule has 1 aromatic rings. The minimum atomic E-state index is 0.323. The largest absolute Gasteiger partial charge is 0.396 e. The summed E-state index contributed by atoms with van der Waals surface area (Å²) in [6, 6.07) is 7.67. The van der Waals surface area contributed by atoms with Crippen molar-refractivity contribution in [2.75, 3.05) is 24.6 Å². The molecule has 1 saturated heterocycles. The van der Waals surface area contributed by atoms with Crippen LogP contribution in [0.15, 0.2) is 18.2 Å². The minimum absolute atomic E-state index is 0.323. The molecule has 1 aromatic carbocycles. The van der Waals surface area contributed by atoms with Gasteiger partial charge in [0, 0.05) is 38.0 Å². The fraction of sp³-hybridized carbons (Fsp3) is 0.667. The third-order valence-corrected chi connectivity index (χ3v) is 4.83. The highest BCUT2D eigenvalue weighted by Crippen LogP contribution is 2.28. The predicted octanol–water partition coefficient (Wildman–Crippen LogP) is 2.85.